The van der Waals surface area contributed by atoms with Crippen LogP contribution in [0.4, 0.5) is 0 Å². The number of benzene rings is 1. The van der Waals surface area contributed by atoms with E-state index in [1.165, 1.54) is 9.13 Å². The van der Waals surface area contributed by atoms with Crippen molar-refractivity contribution < 1.29 is 9.47 Å². The van der Waals surface area contributed by atoms with E-state index in [-0.39, 0.29) is 11.2 Å². The van der Waals surface area contributed by atoms with Gasteiger partial charge in [-0.25, -0.2) is 9.78 Å². The van der Waals surface area contributed by atoms with Gasteiger partial charge in [0, 0.05) is 20.6 Å². The van der Waals surface area contributed by atoms with Gasteiger partial charge < -0.3 is 14.0 Å². The number of aromatic nitrogens is 4. The first-order chi connectivity index (χ1) is 12.9. The molecule has 0 aliphatic heterocycles. The van der Waals surface area contributed by atoms with Gasteiger partial charge >= 0.3 is 5.69 Å². The van der Waals surface area contributed by atoms with E-state index in [0.29, 0.717) is 35.0 Å². The normalized spacial score (nSPS) is 11.4. The largest absolute Gasteiger partial charge is 0.493 e. The van der Waals surface area contributed by atoms with Gasteiger partial charge in [0.2, 0.25) is 0 Å². The maximum absolute atomic E-state index is 12.6. The average Bonchev–Trinajstić information content (AvgIpc) is 3.01. The van der Waals surface area contributed by atoms with Crippen molar-refractivity contribution in [2.45, 2.75) is 13.5 Å². The summed E-state index contributed by atoms with van der Waals surface area (Å²) in [6.45, 7) is 2.08. The lowest BCUT2D eigenvalue weighted by Gasteiger charge is -2.07. The molecule has 0 saturated carbocycles. The summed E-state index contributed by atoms with van der Waals surface area (Å²) in [5.74, 6) is 1.84. The fourth-order valence-electron chi connectivity index (χ4n) is 3.02. The molecule has 2 heterocycles. The second-order valence-electron chi connectivity index (χ2n) is 6.04. The summed E-state index contributed by atoms with van der Waals surface area (Å²) in [6, 6.07) is 5.55. The number of methoxy groups -OCH3 is 2. The minimum absolute atomic E-state index is 0.309. The minimum Gasteiger partial charge on any atom is -0.493 e. The van der Waals surface area contributed by atoms with E-state index in [2.05, 4.69) is 4.98 Å². The maximum atomic E-state index is 12.6. The second kappa shape index (κ2) is 7.14. The van der Waals surface area contributed by atoms with Crippen molar-refractivity contribution in [1.29, 1.82) is 0 Å². The fraction of sp³-hybridized carbons (Fsp3) is 0.316. The Balaban J connectivity index is 2.11. The van der Waals surface area contributed by atoms with Gasteiger partial charge in [-0.1, -0.05) is 12.1 Å². The molecule has 2 aromatic heterocycles. The molecule has 3 rings (SSSR count). The summed E-state index contributed by atoms with van der Waals surface area (Å²) >= 11 is 0. The summed E-state index contributed by atoms with van der Waals surface area (Å²) in [5.41, 5.74) is 0.939. The van der Waals surface area contributed by atoms with Crippen LogP contribution >= 0.6 is 0 Å². The molecule has 0 saturated heterocycles. The van der Waals surface area contributed by atoms with E-state index in [1.54, 1.807) is 45.9 Å². The molecule has 0 unspecified atom stereocenters. The van der Waals surface area contributed by atoms with Crippen LogP contribution in [0.3, 0.4) is 0 Å². The van der Waals surface area contributed by atoms with E-state index in [1.807, 2.05) is 24.3 Å². The predicted molar refractivity (Wildman–Crippen MR) is 104 cm³/mol. The fourth-order valence-corrected chi connectivity index (χ4v) is 3.02. The lowest BCUT2D eigenvalue weighted by Crippen LogP contribution is -2.39. The Hall–Kier alpha value is -3.29. The molecule has 0 N–H and O–H groups in total. The zero-order chi connectivity index (χ0) is 19.7. The number of imidazole rings is 1. The van der Waals surface area contributed by atoms with Gasteiger partial charge in [0.25, 0.3) is 5.56 Å². The van der Waals surface area contributed by atoms with Crippen LogP contribution in [0.15, 0.2) is 27.8 Å². The zero-order valence-electron chi connectivity index (χ0n) is 16.0. The summed E-state index contributed by atoms with van der Waals surface area (Å²) < 4.78 is 14.8. The number of aryl methyl sites for hydroxylation is 2. The van der Waals surface area contributed by atoms with Crippen LogP contribution < -0.4 is 20.7 Å². The van der Waals surface area contributed by atoms with Crippen LogP contribution in [0.2, 0.25) is 0 Å². The van der Waals surface area contributed by atoms with E-state index in [0.717, 1.165) is 5.56 Å². The van der Waals surface area contributed by atoms with Crippen LogP contribution in [0.25, 0.3) is 23.3 Å². The van der Waals surface area contributed by atoms with Crippen molar-refractivity contribution in [1.82, 2.24) is 18.7 Å². The molecule has 0 aliphatic rings. The van der Waals surface area contributed by atoms with Gasteiger partial charge in [0.15, 0.2) is 22.7 Å². The third kappa shape index (κ3) is 3.03. The van der Waals surface area contributed by atoms with Crippen LogP contribution in [0.1, 0.15) is 18.3 Å². The van der Waals surface area contributed by atoms with Gasteiger partial charge in [-0.3, -0.25) is 13.9 Å². The standard InChI is InChI=1S/C19H22N4O4/c1-6-23-18(24)16-17(22(3)19(23)25)20-15(21(16)2)10-8-12-7-9-13(26-4)14(11-12)27-5/h7-11H,6H2,1-5H3/b10-8+. The molecular formula is C19H22N4O4. The van der Waals surface area contributed by atoms with Crippen molar-refractivity contribution in [2.24, 2.45) is 14.1 Å². The Bertz CT molecular complexity index is 1150. The van der Waals surface area contributed by atoms with Crippen molar-refractivity contribution >= 4 is 23.3 Å². The second-order valence-corrected chi connectivity index (χ2v) is 6.04. The van der Waals surface area contributed by atoms with Gasteiger partial charge in [-0.15, -0.1) is 0 Å². The number of hydrogen-bond donors (Lipinski definition) is 0. The molecule has 3 aromatic rings. The number of hydrogen-bond acceptors (Lipinski definition) is 5. The monoisotopic (exact) mass is 370 g/mol. The Labute approximate surface area is 155 Å². The minimum atomic E-state index is -0.372. The molecule has 1 aromatic carbocycles. The molecule has 0 atom stereocenters. The molecular weight excluding hydrogens is 348 g/mol. The molecule has 0 bridgehead atoms. The lowest BCUT2D eigenvalue weighted by molar-refractivity contribution is 0.355. The first-order valence-corrected chi connectivity index (χ1v) is 8.49. The third-order valence-electron chi connectivity index (χ3n) is 4.54. The Morgan fingerprint density at radius 1 is 1.04 bits per heavy atom. The first kappa shape index (κ1) is 18.5. The van der Waals surface area contributed by atoms with Gasteiger partial charge in [-0.2, -0.15) is 0 Å². The number of nitrogens with zero attached hydrogens (tertiary/aromatic N) is 4. The van der Waals surface area contributed by atoms with E-state index >= 15 is 0 Å². The Morgan fingerprint density at radius 2 is 1.74 bits per heavy atom. The molecule has 142 valence electrons. The van der Waals surface area contributed by atoms with Gasteiger partial charge in [0.1, 0.15) is 5.82 Å². The highest BCUT2D eigenvalue weighted by Crippen LogP contribution is 2.28. The first-order valence-electron chi connectivity index (χ1n) is 8.49. The van der Waals surface area contributed by atoms with Crippen LogP contribution in [-0.4, -0.2) is 32.9 Å². The van der Waals surface area contributed by atoms with Crippen LogP contribution in [0, 0.1) is 0 Å². The van der Waals surface area contributed by atoms with E-state index < -0.39 is 0 Å². The summed E-state index contributed by atoms with van der Waals surface area (Å²) in [5, 5.41) is 0. The Morgan fingerprint density at radius 3 is 2.37 bits per heavy atom. The van der Waals surface area contributed by atoms with Gasteiger partial charge in [-0.05, 0) is 30.7 Å². The highest BCUT2D eigenvalue weighted by molar-refractivity contribution is 5.76. The average molecular weight is 370 g/mol. The van der Waals surface area contributed by atoms with Gasteiger partial charge in [0.05, 0.1) is 14.2 Å². The Kier molecular flexibility index (Phi) is 4.89. The summed E-state index contributed by atoms with van der Waals surface area (Å²) in [7, 11) is 6.54. The highest BCUT2D eigenvalue weighted by atomic mass is 16.5. The molecule has 0 aliphatic carbocycles. The van der Waals surface area contributed by atoms with E-state index in [4.69, 9.17) is 9.47 Å². The molecule has 0 amide bonds. The van der Waals surface area contributed by atoms with Crippen molar-refractivity contribution in [3.8, 4) is 11.5 Å². The molecule has 8 nitrogen and oxygen atoms in total. The highest BCUT2D eigenvalue weighted by Gasteiger charge is 2.16. The quantitative estimate of drug-likeness (QED) is 0.682. The molecule has 0 fully saturated rings. The maximum Gasteiger partial charge on any atom is 0.332 e. The van der Waals surface area contributed by atoms with E-state index in [9.17, 15) is 9.59 Å². The zero-order valence-corrected chi connectivity index (χ0v) is 16.0. The summed E-state index contributed by atoms with van der Waals surface area (Å²) in [6.07, 6.45) is 3.65. The molecule has 0 spiro atoms. The predicted octanol–water partition coefficient (Wildman–Crippen LogP) is 1.64. The molecule has 8 heteroatoms. The third-order valence-corrected chi connectivity index (χ3v) is 4.54. The van der Waals surface area contributed by atoms with Crippen molar-refractivity contribution in [2.75, 3.05) is 14.2 Å². The number of ether oxygens (including phenoxy) is 2. The number of fused-ring (bicyclic) bond motifs is 1. The lowest BCUT2D eigenvalue weighted by atomic mass is 10.2. The topological polar surface area (TPSA) is 80.3 Å². The SMILES string of the molecule is CCn1c(=O)c2c(nc(/C=C/c3ccc(OC)c(OC)c3)n2C)n(C)c1=O. The van der Waals surface area contributed by atoms with Crippen molar-refractivity contribution in [3.63, 3.8) is 0 Å². The van der Waals surface area contributed by atoms with Crippen LogP contribution in [-0.2, 0) is 20.6 Å². The van der Waals surface area contributed by atoms with Crippen LogP contribution in [0.5, 0.6) is 11.5 Å². The summed E-state index contributed by atoms with van der Waals surface area (Å²) in [4.78, 5) is 29.4. The molecule has 0 radical (unpaired) electrons. The van der Waals surface area contributed by atoms with Crippen molar-refractivity contribution in [3.05, 3.63) is 50.4 Å². The number of rotatable bonds is 5. The molecule has 27 heavy (non-hydrogen) atoms. The smallest absolute Gasteiger partial charge is 0.332 e.